The summed E-state index contributed by atoms with van der Waals surface area (Å²) in [6.45, 7) is 3.93. The molecule has 0 amide bonds. The zero-order chi connectivity index (χ0) is 14.7. The second kappa shape index (κ2) is 6.26. The van der Waals surface area contributed by atoms with Crippen molar-refractivity contribution in [2.75, 3.05) is 7.11 Å². The first-order valence-electron chi connectivity index (χ1n) is 6.15. The van der Waals surface area contributed by atoms with Crippen molar-refractivity contribution in [3.63, 3.8) is 0 Å². The lowest BCUT2D eigenvalue weighted by Crippen LogP contribution is -2.10. The van der Waals surface area contributed by atoms with Gasteiger partial charge in [0, 0.05) is 0 Å². The normalized spacial score (nSPS) is 10.2. The first kappa shape index (κ1) is 14.8. The van der Waals surface area contributed by atoms with Crippen LogP contribution in [0.3, 0.4) is 0 Å². The molecule has 4 heteroatoms. The summed E-state index contributed by atoms with van der Waals surface area (Å²) in [6.07, 6.45) is 0. The lowest BCUT2D eigenvalue weighted by Gasteiger charge is -2.10. The molecular formula is C16H15IO3. The molecule has 0 spiro atoms. The Morgan fingerprint density at radius 1 is 1.10 bits per heavy atom. The fraction of sp³-hybridized carbons (Fsp3) is 0.188. The van der Waals surface area contributed by atoms with Crippen molar-refractivity contribution in [1.29, 1.82) is 0 Å². The van der Waals surface area contributed by atoms with Gasteiger partial charge in [0.1, 0.15) is 11.5 Å². The largest absolute Gasteiger partial charge is 0.496 e. The van der Waals surface area contributed by atoms with Crippen molar-refractivity contribution in [2.24, 2.45) is 0 Å². The van der Waals surface area contributed by atoms with E-state index in [-0.39, 0.29) is 5.97 Å². The van der Waals surface area contributed by atoms with Gasteiger partial charge in [-0.25, -0.2) is 4.79 Å². The Bertz CT molecular complexity index is 650. The number of aryl methyl sites for hydroxylation is 1. The maximum Gasteiger partial charge on any atom is 0.343 e. The van der Waals surface area contributed by atoms with Crippen LogP contribution < -0.4 is 9.47 Å². The van der Waals surface area contributed by atoms with Crippen LogP contribution in [0.25, 0.3) is 0 Å². The molecule has 2 aromatic carbocycles. The minimum absolute atomic E-state index is 0.362. The molecule has 2 aromatic rings. The molecule has 0 bridgehead atoms. The average molecular weight is 382 g/mol. The van der Waals surface area contributed by atoms with Gasteiger partial charge in [0.05, 0.1) is 16.2 Å². The zero-order valence-corrected chi connectivity index (χ0v) is 13.7. The van der Waals surface area contributed by atoms with E-state index in [4.69, 9.17) is 9.47 Å². The summed E-state index contributed by atoms with van der Waals surface area (Å²) in [7, 11) is 1.60. The van der Waals surface area contributed by atoms with Gasteiger partial charge in [-0.2, -0.15) is 0 Å². The van der Waals surface area contributed by atoms with Gasteiger partial charge in [-0.05, 0) is 71.8 Å². The first-order valence-corrected chi connectivity index (χ1v) is 7.22. The van der Waals surface area contributed by atoms with Crippen LogP contribution in [0.2, 0.25) is 0 Å². The second-order valence-corrected chi connectivity index (χ2v) is 5.60. The van der Waals surface area contributed by atoms with Crippen molar-refractivity contribution < 1.29 is 14.3 Å². The van der Waals surface area contributed by atoms with Crippen LogP contribution >= 0.6 is 22.6 Å². The van der Waals surface area contributed by atoms with E-state index in [1.807, 2.05) is 26.0 Å². The molecule has 0 N–H and O–H groups in total. The van der Waals surface area contributed by atoms with E-state index in [1.54, 1.807) is 31.4 Å². The van der Waals surface area contributed by atoms with Gasteiger partial charge in [-0.3, -0.25) is 0 Å². The zero-order valence-electron chi connectivity index (χ0n) is 11.6. The summed E-state index contributed by atoms with van der Waals surface area (Å²) in [5.41, 5.74) is 2.58. The highest BCUT2D eigenvalue weighted by Gasteiger charge is 2.13. The number of esters is 1. The van der Waals surface area contributed by atoms with Crippen LogP contribution in [0.4, 0.5) is 0 Å². The van der Waals surface area contributed by atoms with Gasteiger partial charge in [0.2, 0.25) is 0 Å². The topological polar surface area (TPSA) is 35.5 Å². The summed E-state index contributed by atoms with van der Waals surface area (Å²) >= 11 is 2.13. The smallest absolute Gasteiger partial charge is 0.343 e. The number of halogens is 1. The van der Waals surface area contributed by atoms with E-state index >= 15 is 0 Å². The lowest BCUT2D eigenvalue weighted by molar-refractivity contribution is 0.0733. The Kier molecular flexibility index (Phi) is 4.65. The van der Waals surface area contributed by atoms with Crippen molar-refractivity contribution in [1.82, 2.24) is 0 Å². The average Bonchev–Trinajstić information content (AvgIpc) is 2.43. The van der Waals surface area contributed by atoms with Crippen molar-refractivity contribution in [3.8, 4) is 11.5 Å². The maximum absolute atomic E-state index is 12.2. The number of benzene rings is 2. The summed E-state index contributed by atoms with van der Waals surface area (Å²) in [5, 5.41) is 0. The molecule has 0 atom stereocenters. The quantitative estimate of drug-likeness (QED) is 0.455. The van der Waals surface area contributed by atoms with E-state index in [2.05, 4.69) is 22.6 Å². The predicted molar refractivity (Wildman–Crippen MR) is 86.6 cm³/mol. The van der Waals surface area contributed by atoms with Crippen LogP contribution in [-0.4, -0.2) is 13.1 Å². The molecule has 0 aliphatic heterocycles. The first-order chi connectivity index (χ1) is 9.52. The number of hydrogen-bond donors (Lipinski definition) is 0. The highest BCUT2D eigenvalue weighted by atomic mass is 127. The van der Waals surface area contributed by atoms with Crippen LogP contribution in [0.15, 0.2) is 36.4 Å². The third kappa shape index (κ3) is 3.12. The van der Waals surface area contributed by atoms with Crippen LogP contribution in [-0.2, 0) is 0 Å². The van der Waals surface area contributed by atoms with Gasteiger partial charge < -0.3 is 9.47 Å². The molecule has 0 aliphatic rings. The fourth-order valence-corrected chi connectivity index (χ4v) is 2.52. The maximum atomic E-state index is 12.2. The van der Waals surface area contributed by atoms with Crippen LogP contribution in [0.1, 0.15) is 21.5 Å². The molecule has 0 aliphatic carbocycles. The minimum Gasteiger partial charge on any atom is -0.496 e. The number of carbonyl (C=O) groups excluding carboxylic acids is 1. The van der Waals surface area contributed by atoms with E-state index in [0.29, 0.717) is 11.3 Å². The van der Waals surface area contributed by atoms with Crippen molar-refractivity contribution in [2.45, 2.75) is 13.8 Å². The Hall–Kier alpha value is -1.56. The number of ether oxygens (including phenoxy) is 2. The Morgan fingerprint density at radius 2 is 1.85 bits per heavy atom. The van der Waals surface area contributed by atoms with Crippen molar-refractivity contribution >= 4 is 28.6 Å². The monoisotopic (exact) mass is 382 g/mol. The van der Waals surface area contributed by atoms with Gasteiger partial charge in [0.15, 0.2) is 0 Å². The highest BCUT2D eigenvalue weighted by molar-refractivity contribution is 14.1. The number of hydrogen-bond acceptors (Lipinski definition) is 3. The SMILES string of the molecule is COc1ccc(C(=O)Oc2cccc(C)c2C)cc1I. The summed E-state index contributed by atoms with van der Waals surface area (Å²) in [5.74, 6) is 0.981. The predicted octanol–water partition coefficient (Wildman–Crippen LogP) is 4.14. The summed E-state index contributed by atoms with van der Waals surface area (Å²) < 4.78 is 11.5. The molecule has 0 aromatic heterocycles. The molecule has 0 fully saturated rings. The van der Waals surface area contributed by atoms with Gasteiger partial charge in [0.25, 0.3) is 0 Å². The van der Waals surface area contributed by atoms with Gasteiger partial charge in [-0.1, -0.05) is 12.1 Å². The molecule has 0 radical (unpaired) electrons. The fourth-order valence-electron chi connectivity index (χ4n) is 1.79. The molecule has 2 rings (SSSR count). The minimum atomic E-state index is -0.362. The third-order valence-corrected chi connectivity index (χ3v) is 3.99. The molecule has 20 heavy (non-hydrogen) atoms. The molecular weight excluding hydrogens is 367 g/mol. The van der Waals surface area contributed by atoms with Crippen LogP contribution in [0, 0.1) is 17.4 Å². The number of carbonyl (C=O) groups is 1. The number of methoxy groups -OCH3 is 1. The Labute approximate surface area is 132 Å². The molecule has 104 valence electrons. The summed E-state index contributed by atoms with van der Waals surface area (Å²) in [6, 6.07) is 10.9. The summed E-state index contributed by atoms with van der Waals surface area (Å²) in [4.78, 5) is 12.2. The van der Waals surface area contributed by atoms with Gasteiger partial charge >= 0.3 is 5.97 Å². The van der Waals surface area contributed by atoms with Gasteiger partial charge in [-0.15, -0.1) is 0 Å². The highest BCUT2D eigenvalue weighted by Crippen LogP contribution is 2.24. The van der Waals surface area contributed by atoms with E-state index in [9.17, 15) is 4.79 Å². The second-order valence-electron chi connectivity index (χ2n) is 4.44. The van der Waals surface area contributed by atoms with Crippen LogP contribution in [0.5, 0.6) is 11.5 Å². The van der Waals surface area contributed by atoms with E-state index in [1.165, 1.54) is 0 Å². The molecule has 3 nitrogen and oxygen atoms in total. The van der Waals surface area contributed by atoms with Crippen molar-refractivity contribution in [3.05, 3.63) is 56.7 Å². The molecule has 0 saturated carbocycles. The molecule has 0 heterocycles. The Morgan fingerprint density at radius 3 is 2.50 bits per heavy atom. The molecule has 0 unspecified atom stereocenters. The Balaban J connectivity index is 2.24. The third-order valence-electron chi connectivity index (χ3n) is 3.15. The van der Waals surface area contributed by atoms with E-state index < -0.39 is 0 Å². The van der Waals surface area contributed by atoms with E-state index in [0.717, 1.165) is 20.4 Å². The lowest BCUT2D eigenvalue weighted by atomic mass is 10.1. The molecule has 0 saturated heterocycles. The standard InChI is InChI=1S/C16H15IO3/c1-10-5-4-6-14(11(10)2)20-16(18)12-7-8-15(19-3)13(17)9-12/h4-9H,1-3H3. The number of rotatable bonds is 3.